The molecule has 0 radical (unpaired) electrons. The van der Waals surface area contributed by atoms with Crippen LogP contribution in [0.15, 0.2) is 103 Å². The van der Waals surface area contributed by atoms with Crippen LogP contribution in [0.5, 0.6) is 0 Å². The molecule has 0 saturated carbocycles. The monoisotopic (exact) mass is 458 g/mol. The Balaban J connectivity index is 1.56. The molecule has 35 heavy (non-hydrogen) atoms. The van der Waals surface area contributed by atoms with Crippen molar-refractivity contribution in [3.8, 4) is 0 Å². The fourth-order valence-electron chi connectivity index (χ4n) is 4.40. The molecule has 0 aliphatic heterocycles. The van der Waals surface area contributed by atoms with E-state index in [-0.39, 0.29) is 0 Å². The van der Waals surface area contributed by atoms with E-state index in [0.717, 1.165) is 65.9 Å². The third kappa shape index (κ3) is 6.42. The lowest BCUT2D eigenvalue weighted by atomic mass is 9.92. The smallest absolute Gasteiger partial charge is 0.152 e. The fraction of sp³-hybridized carbons (Fsp3) is 0.212. The van der Waals surface area contributed by atoms with Crippen LogP contribution in [-0.2, 0) is 19.3 Å². The van der Waals surface area contributed by atoms with Gasteiger partial charge in [0.2, 0.25) is 0 Å². The molecule has 0 bridgehead atoms. The molecular formula is C33H34N2. The zero-order chi connectivity index (χ0) is 24.6. The summed E-state index contributed by atoms with van der Waals surface area (Å²) in [6, 6.07) is 21.6. The van der Waals surface area contributed by atoms with E-state index >= 15 is 0 Å². The summed E-state index contributed by atoms with van der Waals surface area (Å²) in [7, 11) is 0. The summed E-state index contributed by atoms with van der Waals surface area (Å²) in [5, 5.41) is 0. The number of pyridine rings is 1. The topological polar surface area (TPSA) is 25.2 Å². The van der Waals surface area contributed by atoms with Gasteiger partial charge in [-0.15, -0.1) is 0 Å². The van der Waals surface area contributed by atoms with Crippen LogP contribution in [-0.4, -0.2) is 11.2 Å². The van der Waals surface area contributed by atoms with Gasteiger partial charge in [0.25, 0.3) is 0 Å². The Morgan fingerprint density at radius 1 is 0.971 bits per heavy atom. The molecule has 1 aromatic heterocycles. The third-order valence-electron chi connectivity index (χ3n) is 6.40. The van der Waals surface area contributed by atoms with Gasteiger partial charge in [0.15, 0.2) is 5.82 Å². The van der Waals surface area contributed by atoms with Crippen molar-refractivity contribution in [3.63, 3.8) is 0 Å². The molecule has 0 N–H and O–H groups in total. The Morgan fingerprint density at radius 3 is 2.34 bits per heavy atom. The predicted molar refractivity (Wildman–Crippen MR) is 151 cm³/mol. The lowest BCUT2D eigenvalue weighted by Crippen LogP contribution is -2.04. The normalized spacial score (nSPS) is 12.8. The van der Waals surface area contributed by atoms with Crippen molar-refractivity contribution in [2.75, 3.05) is 0 Å². The Labute approximate surface area is 210 Å². The highest BCUT2D eigenvalue weighted by Gasteiger charge is 2.15. The van der Waals surface area contributed by atoms with Crippen LogP contribution >= 0.6 is 0 Å². The van der Waals surface area contributed by atoms with Gasteiger partial charge in [-0.05, 0) is 84.1 Å². The molecule has 0 spiro atoms. The SMILES string of the molecule is C=C(CC)c1cc(N=CC2=CC=CC2)nc(CCc2ccc(Cc3ccccc3)cc2)c1C(=C)C. The molecule has 2 nitrogen and oxygen atoms in total. The number of hydrogen-bond donors (Lipinski definition) is 0. The summed E-state index contributed by atoms with van der Waals surface area (Å²) < 4.78 is 0. The van der Waals surface area contributed by atoms with Crippen LogP contribution in [0.2, 0.25) is 0 Å². The van der Waals surface area contributed by atoms with Crippen molar-refractivity contribution < 1.29 is 0 Å². The molecule has 1 aliphatic carbocycles. The van der Waals surface area contributed by atoms with E-state index in [1.165, 1.54) is 22.3 Å². The van der Waals surface area contributed by atoms with Gasteiger partial charge in [-0.25, -0.2) is 9.98 Å². The van der Waals surface area contributed by atoms with E-state index in [1.807, 2.05) is 6.21 Å². The Bertz CT molecular complexity index is 1290. The molecule has 0 amide bonds. The largest absolute Gasteiger partial charge is 0.237 e. The van der Waals surface area contributed by atoms with Crippen LogP contribution in [0, 0.1) is 0 Å². The van der Waals surface area contributed by atoms with E-state index in [4.69, 9.17) is 9.98 Å². The molecule has 3 aromatic rings. The number of allylic oxidation sites excluding steroid dienone is 6. The van der Waals surface area contributed by atoms with E-state index in [0.29, 0.717) is 0 Å². The third-order valence-corrected chi connectivity index (χ3v) is 6.40. The van der Waals surface area contributed by atoms with Gasteiger partial charge >= 0.3 is 0 Å². The Kier molecular flexibility index (Phi) is 8.05. The van der Waals surface area contributed by atoms with Gasteiger partial charge in [-0.3, -0.25) is 0 Å². The minimum atomic E-state index is 0.737. The summed E-state index contributed by atoms with van der Waals surface area (Å²) in [6.45, 7) is 12.8. The molecule has 0 atom stereocenters. The Morgan fingerprint density at radius 2 is 1.69 bits per heavy atom. The summed E-state index contributed by atoms with van der Waals surface area (Å²) in [5.74, 6) is 0.737. The van der Waals surface area contributed by atoms with Gasteiger partial charge in [0.05, 0.1) is 5.69 Å². The number of aliphatic imine (C=N–C) groups is 1. The number of benzene rings is 2. The molecule has 0 unspecified atom stereocenters. The first kappa shape index (κ1) is 24.3. The van der Waals surface area contributed by atoms with E-state index in [9.17, 15) is 0 Å². The van der Waals surface area contributed by atoms with Gasteiger partial charge in [-0.2, -0.15) is 0 Å². The highest BCUT2D eigenvalue weighted by atomic mass is 14.9. The average molecular weight is 459 g/mol. The minimum Gasteiger partial charge on any atom is -0.237 e. The van der Waals surface area contributed by atoms with Gasteiger partial charge in [-0.1, -0.05) is 92.9 Å². The molecule has 0 fully saturated rings. The fourth-order valence-corrected chi connectivity index (χ4v) is 4.40. The first-order valence-electron chi connectivity index (χ1n) is 12.4. The van der Waals surface area contributed by atoms with Crippen LogP contribution in [0.4, 0.5) is 5.82 Å². The number of nitrogens with zero attached hydrogens (tertiary/aromatic N) is 2. The number of aromatic nitrogens is 1. The highest BCUT2D eigenvalue weighted by Crippen LogP contribution is 2.32. The zero-order valence-corrected chi connectivity index (χ0v) is 20.9. The second-order valence-corrected chi connectivity index (χ2v) is 9.20. The lowest BCUT2D eigenvalue weighted by molar-refractivity contribution is 0.905. The van der Waals surface area contributed by atoms with E-state index < -0.39 is 0 Å². The molecule has 0 saturated heterocycles. The molecule has 1 aliphatic rings. The van der Waals surface area contributed by atoms with Crippen molar-refractivity contribution in [1.82, 2.24) is 4.98 Å². The Hall–Kier alpha value is -3.78. The first-order chi connectivity index (χ1) is 17.0. The number of aryl methyl sites for hydroxylation is 2. The predicted octanol–water partition coefficient (Wildman–Crippen LogP) is 8.50. The molecular weight excluding hydrogens is 424 g/mol. The second kappa shape index (κ2) is 11.6. The molecule has 2 heteroatoms. The highest BCUT2D eigenvalue weighted by molar-refractivity contribution is 5.84. The molecule has 176 valence electrons. The number of rotatable bonds is 10. The molecule has 4 rings (SSSR count). The maximum absolute atomic E-state index is 4.97. The van der Waals surface area contributed by atoms with Crippen molar-refractivity contribution in [1.29, 1.82) is 0 Å². The summed E-state index contributed by atoms with van der Waals surface area (Å²) in [4.78, 5) is 9.69. The van der Waals surface area contributed by atoms with E-state index in [1.54, 1.807) is 0 Å². The molecule has 2 aromatic carbocycles. The second-order valence-electron chi connectivity index (χ2n) is 9.20. The number of hydrogen-bond acceptors (Lipinski definition) is 2. The maximum Gasteiger partial charge on any atom is 0.152 e. The van der Waals surface area contributed by atoms with Crippen molar-refractivity contribution in [2.24, 2.45) is 4.99 Å². The van der Waals surface area contributed by atoms with Crippen molar-refractivity contribution in [2.45, 2.75) is 46.0 Å². The zero-order valence-electron chi connectivity index (χ0n) is 20.9. The van der Waals surface area contributed by atoms with Gasteiger partial charge < -0.3 is 0 Å². The maximum atomic E-state index is 4.97. The van der Waals surface area contributed by atoms with Crippen LogP contribution in [0.25, 0.3) is 11.1 Å². The van der Waals surface area contributed by atoms with Crippen LogP contribution in [0.1, 0.15) is 60.2 Å². The van der Waals surface area contributed by atoms with Crippen LogP contribution in [0.3, 0.4) is 0 Å². The van der Waals surface area contributed by atoms with E-state index in [2.05, 4.69) is 106 Å². The quantitative estimate of drug-likeness (QED) is 0.280. The summed E-state index contributed by atoms with van der Waals surface area (Å²) in [5.41, 5.74) is 10.6. The summed E-state index contributed by atoms with van der Waals surface area (Å²) in [6.07, 6.45) is 12.7. The van der Waals surface area contributed by atoms with Crippen molar-refractivity contribution >= 4 is 23.2 Å². The summed E-state index contributed by atoms with van der Waals surface area (Å²) >= 11 is 0. The van der Waals surface area contributed by atoms with Crippen LogP contribution < -0.4 is 0 Å². The lowest BCUT2D eigenvalue weighted by Gasteiger charge is -2.17. The average Bonchev–Trinajstić information content (AvgIpc) is 3.40. The van der Waals surface area contributed by atoms with Crippen molar-refractivity contribution in [3.05, 3.63) is 131 Å². The van der Waals surface area contributed by atoms with Gasteiger partial charge in [0, 0.05) is 11.8 Å². The molecule has 1 heterocycles. The standard InChI is InChI=1S/C33H34N2/c1-5-25(4)30-22-32(34-23-29-13-9-10-14-29)35-31(33(30)24(2)3)20-19-26-15-17-28(18-16-26)21-27-11-7-6-8-12-27/h6-13,15-18,22-23H,2,4-5,14,19-21H2,1,3H3. The first-order valence-corrected chi connectivity index (χ1v) is 12.4. The van der Waals surface area contributed by atoms with Gasteiger partial charge in [0.1, 0.15) is 0 Å². The minimum absolute atomic E-state index is 0.737.